The molecule has 1 saturated heterocycles. The number of hydrogen-bond donors (Lipinski definition) is 0. The second-order valence-electron chi connectivity index (χ2n) is 10.3. The summed E-state index contributed by atoms with van der Waals surface area (Å²) in [6.45, 7) is -0.779. The van der Waals surface area contributed by atoms with Crippen molar-refractivity contribution in [1.29, 1.82) is 0 Å². The molecular weight excluding hydrogens is 753 g/mol. The van der Waals surface area contributed by atoms with Crippen molar-refractivity contribution in [2.75, 3.05) is 6.54 Å². The Morgan fingerprint density at radius 2 is 1.33 bits per heavy atom. The van der Waals surface area contributed by atoms with Crippen LogP contribution in [-0.4, -0.2) is 60.1 Å². The molecule has 3 amide bonds. The molecule has 45 heavy (non-hydrogen) atoms. The number of benzene rings is 2. The molecule has 0 radical (unpaired) electrons. The van der Waals surface area contributed by atoms with Crippen molar-refractivity contribution >= 4 is 122 Å². The number of rotatable bonds is 7. The summed E-state index contributed by atoms with van der Waals surface area (Å²) < 4.78 is 3.15. The highest BCUT2D eigenvalue weighted by Gasteiger charge is 2.88. The van der Waals surface area contributed by atoms with E-state index in [-0.39, 0.29) is 26.9 Å². The van der Waals surface area contributed by atoms with E-state index >= 15 is 0 Å². The highest BCUT2D eigenvalue weighted by Crippen LogP contribution is 2.77. The highest BCUT2D eigenvalue weighted by molar-refractivity contribution is 7.12. The van der Waals surface area contributed by atoms with Gasteiger partial charge in [0.15, 0.2) is 10.1 Å². The number of Topliss-reactive ketones (excluding diaryl/α,β-unsaturated/α-hetero) is 1. The van der Waals surface area contributed by atoms with Crippen molar-refractivity contribution in [3.63, 3.8) is 0 Å². The van der Waals surface area contributed by atoms with E-state index in [0.717, 1.165) is 0 Å². The second-order valence-corrected chi connectivity index (χ2v) is 14.9. The molecule has 1 aliphatic heterocycles. The molecule has 16 heteroatoms. The number of hydrazine groups is 1. The lowest BCUT2D eigenvalue weighted by molar-refractivity contribution is -0.154. The lowest BCUT2D eigenvalue weighted by Crippen LogP contribution is -2.56. The maximum atomic E-state index is 14.0. The minimum Gasteiger partial charge on any atom is -0.422 e. The van der Waals surface area contributed by atoms with Gasteiger partial charge in [-0.05, 0) is 60.0 Å². The van der Waals surface area contributed by atoms with Crippen LogP contribution in [0.2, 0.25) is 5.02 Å². The van der Waals surface area contributed by atoms with Gasteiger partial charge >= 0.3 is 5.97 Å². The van der Waals surface area contributed by atoms with Gasteiger partial charge in [-0.15, -0.1) is 34.5 Å². The van der Waals surface area contributed by atoms with Crippen LogP contribution in [0.3, 0.4) is 0 Å². The fraction of sp³-hybridized carbons (Fsp3) is 0.207. The van der Waals surface area contributed by atoms with Crippen LogP contribution < -0.4 is 4.74 Å². The number of ketones is 1. The number of alkyl halides is 4. The van der Waals surface area contributed by atoms with Crippen molar-refractivity contribution in [2.24, 2.45) is 11.8 Å². The first-order chi connectivity index (χ1) is 21.2. The number of nitrogens with zero attached hydrogens (tertiary/aromatic N) is 2. The zero-order valence-corrected chi connectivity index (χ0v) is 28.2. The first-order valence-electron chi connectivity index (χ1n) is 12.8. The average molecular weight is 768 g/mol. The number of imide groups is 1. The standard InChI is InChI=1S/C29H15Cl7N2O6S/c30-15-7-3-14(4-8-15)23(40)37(12-17(39)13-5-9-16(10-6-13)44-26(43)18-2-1-11-45-18)38-24(41)19-20(25(38)42)28(34)22(32)21(31)27(19,33)29(28,35)36/h1-11,19-20H,12H2/t19-,20-,27+,28+/m0/s1. The first-order valence-corrected chi connectivity index (χ1v) is 16.3. The second kappa shape index (κ2) is 11.4. The fourth-order valence-electron chi connectivity index (χ4n) is 5.68. The summed E-state index contributed by atoms with van der Waals surface area (Å²) in [6, 6.07) is 14.4. The molecule has 2 aromatic carbocycles. The Hall–Kier alpha value is -2.34. The zero-order chi connectivity index (χ0) is 32.6. The molecule has 232 valence electrons. The van der Waals surface area contributed by atoms with Crippen LogP contribution in [0.25, 0.3) is 0 Å². The highest BCUT2D eigenvalue weighted by atomic mass is 35.5. The minimum atomic E-state index is -2.18. The average Bonchev–Trinajstić information content (AvgIpc) is 3.70. The number of ether oxygens (including phenoxy) is 1. The molecule has 3 aliphatic rings. The Bertz CT molecular complexity index is 1770. The van der Waals surface area contributed by atoms with Gasteiger partial charge in [0.25, 0.3) is 17.7 Å². The number of carbonyl (C=O) groups excluding carboxylic acids is 5. The Morgan fingerprint density at radius 3 is 1.84 bits per heavy atom. The number of fused-ring (bicyclic) bond motifs is 5. The van der Waals surface area contributed by atoms with Gasteiger partial charge < -0.3 is 4.74 Å². The Labute approximate surface area is 294 Å². The molecular formula is C29H15Cl7N2O6S. The largest absolute Gasteiger partial charge is 0.422 e. The number of thiophene rings is 1. The van der Waals surface area contributed by atoms with E-state index in [2.05, 4.69) is 0 Å². The molecule has 6 rings (SSSR count). The monoisotopic (exact) mass is 764 g/mol. The third-order valence-electron chi connectivity index (χ3n) is 7.86. The fourth-order valence-corrected chi connectivity index (χ4v) is 9.34. The number of esters is 1. The van der Waals surface area contributed by atoms with Crippen LogP contribution in [0, 0.1) is 11.8 Å². The zero-order valence-electron chi connectivity index (χ0n) is 22.1. The molecule has 2 heterocycles. The summed E-state index contributed by atoms with van der Waals surface area (Å²) in [5.74, 6) is -7.05. The van der Waals surface area contributed by atoms with Gasteiger partial charge in [0.2, 0.25) is 0 Å². The van der Waals surface area contributed by atoms with Crippen molar-refractivity contribution in [2.45, 2.75) is 14.1 Å². The molecule has 0 unspecified atom stereocenters. The Kier molecular flexibility index (Phi) is 8.27. The molecule has 2 bridgehead atoms. The summed E-state index contributed by atoms with van der Waals surface area (Å²) in [5.41, 5.74) is 0.0816. The van der Waals surface area contributed by atoms with E-state index in [1.807, 2.05) is 0 Å². The third kappa shape index (κ3) is 4.65. The Morgan fingerprint density at radius 1 is 0.800 bits per heavy atom. The summed E-state index contributed by atoms with van der Waals surface area (Å²) >= 11 is 46.7. The van der Waals surface area contributed by atoms with Gasteiger partial charge in [-0.3, -0.25) is 19.2 Å². The predicted octanol–water partition coefficient (Wildman–Crippen LogP) is 7.31. The SMILES string of the molecule is O=C(CN(C(=O)c1ccc(Cl)cc1)N1C(=O)[C@@H]2[C@@H](C1=O)[C@@]1(Cl)C(Cl)=C(Cl)[C@@]2(Cl)C1(Cl)Cl)c1ccc(OC(=O)c2cccs2)cc1. The molecule has 8 nitrogen and oxygen atoms in total. The van der Waals surface area contributed by atoms with Crippen LogP contribution >= 0.6 is 92.5 Å². The van der Waals surface area contributed by atoms with E-state index in [9.17, 15) is 24.0 Å². The number of allylic oxidation sites excluding steroid dienone is 2. The summed E-state index contributed by atoms with van der Waals surface area (Å²) in [5, 5.41) is 2.63. The number of halogens is 7. The lowest BCUT2D eigenvalue weighted by Gasteiger charge is -2.36. The molecule has 4 atom stereocenters. The normalized spacial score (nSPS) is 26.3. The van der Waals surface area contributed by atoms with Gasteiger partial charge in [-0.25, -0.2) is 9.80 Å². The van der Waals surface area contributed by atoms with Gasteiger partial charge in [-0.1, -0.05) is 64.1 Å². The third-order valence-corrected chi connectivity index (χ3v) is 13.2. The van der Waals surface area contributed by atoms with E-state index in [1.165, 1.54) is 59.9 Å². The molecule has 3 aromatic rings. The van der Waals surface area contributed by atoms with Crippen LogP contribution in [0.5, 0.6) is 5.75 Å². The maximum absolute atomic E-state index is 14.0. The molecule has 2 aliphatic carbocycles. The van der Waals surface area contributed by atoms with E-state index in [1.54, 1.807) is 17.5 Å². The Balaban J connectivity index is 1.33. The van der Waals surface area contributed by atoms with Gasteiger partial charge in [-0.2, -0.15) is 5.01 Å². The first kappa shape index (κ1) is 32.6. The molecule has 2 fully saturated rings. The number of amides is 3. The maximum Gasteiger partial charge on any atom is 0.353 e. The van der Waals surface area contributed by atoms with E-state index in [0.29, 0.717) is 19.9 Å². The molecule has 1 aromatic heterocycles. The van der Waals surface area contributed by atoms with E-state index < -0.39 is 61.9 Å². The van der Waals surface area contributed by atoms with Crippen molar-refractivity contribution in [3.8, 4) is 5.75 Å². The summed E-state index contributed by atoms with van der Waals surface area (Å²) in [7, 11) is 0. The predicted molar refractivity (Wildman–Crippen MR) is 172 cm³/mol. The van der Waals surface area contributed by atoms with Crippen LogP contribution in [-0.2, 0) is 9.59 Å². The van der Waals surface area contributed by atoms with Crippen molar-refractivity contribution < 1.29 is 28.7 Å². The van der Waals surface area contributed by atoms with Gasteiger partial charge in [0.05, 0.1) is 21.9 Å². The van der Waals surface area contributed by atoms with Crippen LogP contribution in [0.15, 0.2) is 76.1 Å². The molecule has 1 saturated carbocycles. The van der Waals surface area contributed by atoms with Gasteiger partial charge in [0.1, 0.15) is 26.9 Å². The summed E-state index contributed by atoms with van der Waals surface area (Å²) in [6.07, 6.45) is 0. The van der Waals surface area contributed by atoms with Crippen LogP contribution in [0.1, 0.15) is 30.4 Å². The molecule has 0 N–H and O–H groups in total. The molecule has 0 spiro atoms. The van der Waals surface area contributed by atoms with E-state index in [4.69, 9.17) is 85.9 Å². The quantitative estimate of drug-likeness (QED) is 0.0823. The van der Waals surface area contributed by atoms with Gasteiger partial charge in [0, 0.05) is 16.1 Å². The number of hydrogen-bond acceptors (Lipinski definition) is 7. The number of carbonyl (C=O) groups is 5. The van der Waals surface area contributed by atoms with Crippen molar-refractivity contribution in [3.05, 3.63) is 97.1 Å². The topological polar surface area (TPSA) is 101 Å². The summed E-state index contributed by atoms with van der Waals surface area (Å²) in [4.78, 5) is 63.9. The lowest BCUT2D eigenvalue weighted by atomic mass is 9.84. The van der Waals surface area contributed by atoms with Crippen molar-refractivity contribution in [1.82, 2.24) is 10.0 Å². The smallest absolute Gasteiger partial charge is 0.353 e. The minimum absolute atomic E-state index is 0.00284. The van der Waals surface area contributed by atoms with Crippen LogP contribution in [0.4, 0.5) is 0 Å².